The molecule has 0 spiro atoms. The molecule has 0 bridgehead atoms. The van der Waals surface area contributed by atoms with E-state index in [2.05, 4.69) is 25.6 Å². The lowest BCUT2D eigenvalue weighted by Gasteiger charge is -2.30. The molecule has 3 atom stereocenters. The Balaban J connectivity index is 2.16. The molecule has 2 nitrogen and oxygen atoms in total. The van der Waals surface area contributed by atoms with Crippen LogP contribution in [0.2, 0.25) is 0 Å². The van der Waals surface area contributed by atoms with Gasteiger partial charge in [0, 0.05) is 5.92 Å². The van der Waals surface area contributed by atoms with Crippen LogP contribution in [-0.4, -0.2) is 13.1 Å². The summed E-state index contributed by atoms with van der Waals surface area (Å²) >= 11 is 0. The van der Waals surface area contributed by atoms with Gasteiger partial charge in [-0.2, -0.15) is 0 Å². The van der Waals surface area contributed by atoms with Crippen LogP contribution in [0.25, 0.3) is 0 Å². The molecule has 1 aromatic rings. The molecular weight excluding hydrogens is 236 g/mol. The lowest BCUT2D eigenvalue weighted by Crippen LogP contribution is -2.23. The van der Waals surface area contributed by atoms with Crippen molar-refractivity contribution in [1.82, 2.24) is 0 Å². The molecule has 2 heteroatoms. The fourth-order valence-corrected chi connectivity index (χ4v) is 3.46. The molecular formula is C17H18O2. The standard InChI is InChI=1S/C17H18O2/c1-4-17(2)10-11-6-5-7-12-13(16(18)19-3)8-9-14(17)15(11)12/h4-9,13-14H,1,10H2,2-3H3/t13-,14+,17-/m0/s1. The van der Waals surface area contributed by atoms with Gasteiger partial charge in [0.25, 0.3) is 0 Å². The zero-order chi connectivity index (χ0) is 13.6. The van der Waals surface area contributed by atoms with E-state index < -0.39 is 0 Å². The van der Waals surface area contributed by atoms with Crippen LogP contribution in [0, 0.1) is 5.41 Å². The Labute approximate surface area is 113 Å². The largest absolute Gasteiger partial charge is 0.468 e. The van der Waals surface area contributed by atoms with E-state index in [1.54, 1.807) is 0 Å². The second kappa shape index (κ2) is 4.09. The predicted octanol–water partition coefficient (Wildman–Crippen LogP) is 3.35. The van der Waals surface area contributed by atoms with Crippen molar-refractivity contribution in [2.45, 2.75) is 25.2 Å². The van der Waals surface area contributed by atoms with Crippen molar-refractivity contribution in [3.8, 4) is 0 Å². The average molecular weight is 254 g/mol. The number of carbonyl (C=O) groups is 1. The minimum absolute atomic E-state index is 0.0516. The van der Waals surface area contributed by atoms with Gasteiger partial charge in [0.1, 0.15) is 5.92 Å². The maximum Gasteiger partial charge on any atom is 0.317 e. The Morgan fingerprint density at radius 1 is 1.47 bits per heavy atom. The van der Waals surface area contributed by atoms with Gasteiger partial charge < -0.3 is 4.74 Å². The number of esters is 1. The average Bonchev–Trinajstić information content (AvgIpc) is 2.74. The maximum absolute atomic E-state index is 11.9. The van der Waals surface area contributed by atoms with Crippen LogP contribution in [0.1, 0.15) is 35.4 Å². The number of allylic oxidation sites excluding steroid dienone is 2. The predicted molar refractivity (Wildman–Crippen MR) is 75.1 cm³/mol. The van der Waals surface area contributed by atoms with E-state index in [-0.39, 0.29) is 17.3 Å². The van der Waals surface area contributed by atoms with Crippen LogP contribution < -0.4 is 0 Å². The van der Waals surface area contributed by atoms with Crippen molar-refractivity contribution >= 4 is 5.97 Å². The number of benzene rings is 1. The van der Waals surface area contributed by atoms with E-state index in [9.17, 15) is 4.79 Å². The summed E-state index contributed by atoms with van der Waals surface area (Å²) in [7, 11) is 1.44. The molecule has 98 valence electrons. The van der Waals surface area contributed by atoms with E-state index in [4.69, 9.17) is 4.74 Å². The van der Waals surface area contributed by atoms with E-state index in [1.807, 2.05) is 24.3 Å². The highest BCUT2D eigenvalue weighted by Gasteiger charge is 2.43. The van der Waals surface area contributed by atoms with Crippen LogP contribution in [0.5, 0.6) is 0 Å². The molecule has 19 heavy (non-hydrogen) atoms. The van der Waals surface area contributed by atoms with Crippen LogP contribution in [0.4, 0.5) is 0 Å². The van der Waals surface area contributed by atoms with Gasteiger partial charge >= 0.3 is 5.97 Å². The van der Waals surface area contributed by atoms with Crippen LogP contribution in [0.3, 0.4) is 0 Å². The lowest BCUT2D eigenvalue weighted by molar-refractivity contribution is -0.141. The molecule has 0 unspecified atom stereocenters. The fraction of sp³-hybridized carbons (Fsp3) is 0.353. The first kappa shape index (κ1) is 12.2. The van der Waals surface area contributed by atoms with E-state index in [0.29, 0.717) is 5.92 Å². The smallest absolute Gasteiger partial charge is 0.317 e. The number of hydrogen-bond donors (Lipinski definition) is 0. The normalized spacial score (nSPS) is 30.8. The number of methoxy groups -OCH3 is 1. The van der Waals surface area contributed by atoms with Gasteiger partial charge in [0.2, 0.25) is 0 Å². The molecule has 2 aliphatic rings. The summed E-state index contributed by atoms with van der Waals surface area (Å²) in [5, 5.41) is 0. The third-order valence-corrected chi connectivity index (χ3v) is 4.58. The topological polar surface area (TPSA) is 26.3 Å². The molecule has 2 aliphatic carbocycles. The molecule has 0 N–H and O–H groups in total. The minimum Gasteiger partial charge on any atom is -0.468 e. The third-order valence-electron chi connectivity index (χ3n) is 4.58. The summed E-state index contributed by atoms with van der Waals surface area (Å²) in [6.45, 7) is 6.23. The number of carbonyl (C=O) groups excluding carboxylic acids is 1. The van der Waals surface area contributed by atoms with E-state index in [1.165, 1.54) is 18.2 Å². The maximum atomic E-state index is 11.9. The van der Waals surface area contributed by atoms with Gasteiger partial charge in [-0.3, -0.25) is 4.79 Å². The number of hydrogen-bond acceptors (Lipinski definition) is 2. The molecule has 0 saturated carbocycles. The first-order valence-electron chi connectivity index (χ1n) is 6.62. The van der Waals surface area contributed by atoms with Crippen molar-refractivity contribution in [1.29, 1.82) is 0 Å². The first-order valence-corrected chi connectivity index (χ1v) is 6.62. The first-order chi connectivity index (χ1) is 9.10. The second-order valence-electron chi connectivity index (χ2n) is 5.67. The molecule has 0 aliphatic heterocycles. The van der Waals surface area contributed by atoms with Crippen LogP contribution in [-0.2, 0) is 16.0 Å². The summed E-state index contributed by atoms with van der Waals surface area (Å²) < 4.78 is 4.91. The highest BCUT2D eigenvalue weighted by molar-refractivity contribution is 5.82. The van der Waals surface area contributed by atoms with Crippen LogP contribution in [0.15, 0.2) is 43.0 Å². The van der Waals surface area contributed by atoms with Crippen molar-refractivity contribution < 1.29 is 9.53 Å². The SMILES string of the molecule is C=C[C@@]1(C)Cc2cccc3c2[C@H]1C=C[C@@H]3C(=O)OC. The number of rotatable bonds is 2. The monoisotopic (exact) mass is 254 g/mol. The van der Waals surface area contributed by atoms with E-state index >= 15 is 0 Å². The summed E-state index contributed by atoms with van der Waals surface area (Å²) in [5.41, 5.74) is 3.80. The molecule has 0 fully saturated rings. The van der Waals surface area contributed by atoms with Gasteiger partial charge in [-0.1, -0.05) is 43.4 Å². The molecule has 0 heterocycles. The molecule has 0 radical (unpaired) electrons. The van der Waals surface area contributed by atoms with Crippen molar-refractivity contribution in [2.75, 3.05) is 7.11 Å². The Bertz CT molecular complexity index is 585. The lowest BCUT2D eigenvalue weighted by atomic mass is 9.73. The minimum atomic E-state index is -0.261. The fourth-order valence-electron chi connectivity index (χ4n) is 3.46. The molecule has 0 aromatic heterocycles. The zero-order valence-corrected chi connectivity index (χ0v) is 11.3. The molecule has 0 saturated heterocycles. The van der Waals surface area contributed by atoms with Crippen LogP contribution >= 0.6 is 0 Å². The van der Waals surface area contributed by atoms with Gasteiger partial charge in [-0.15, -0.1) is 6.58 Å². The van der Waals surface area contributed by atoms with Crippen molar-refractivity contribution in [3.05, 3.63) is 59.7 Å². The Morgan fingerprint density at radius 3 is 2.95 bits per heavy atom. The third kappa shape index (κ3) is 1.59. The summed E-state index contributed by atoms with van der Waals surface area (Å²) in [6, 6.07) is 6.25. The summed E-state index contributed by atoms with van der Waals surface area (Å²) in [6.07, 6.45) is 7.17. The quantitative estimate of drug-likeness (QED) is 0.597. The van der Waals surface area contributed by atoms with Gasteiger partial charge in [0.15, 0.2) is 0 Å². The Hall–Kier alpha value is -1.83. The zero-order valence-electron chi connectivity index (χ0n) is 11.3. The highest BCUT2D eigenvalue weighted by Crippen LogP contribution is 2.53. The molecule has 0 amide bonds. The van der Waals surface area contributed by atoms with Gasteiger partial charge in [-0.05, 0) is 28.5 Å². The van der Waals surface area contributed by atoms with Gasteiger partial charge in [0.05, 0.1) is 7.11 Å². The van der Waals surface area contributed by atoms with E-state index in [0.717, 1.165) is 12.0 Å². The summed E-state index contributed by atoms with van der Waals surface area (Å²) in [5.74, 6) is -0.115. The number of ether oxygens (including phenoxy) is 1. The highest BCUT2D eigenvalue weighted by atomic mass is 16.5. The van der Waals surface area contributed by atoms with Crippen molar-refractivity contribution in [3.63, 3.8) is 0 Å². The van der Waals surface area contributed by atoms with Crippen molar-refractivity contribution in [2.24, 2.45) is 5.41 Å². The Morgan fingerprint density at radius 2 is 2.26 bits per heavy atom. The summed E-state index contributed by atoms with van der Waals surface area (Å²) in [4.78, 5) is 11.9. The Kier molecular flexibility index (Phi) is 2.63. The second-order valence-corrected chi connectivity index (χ2v) is 5.67. The molecule has 3 rings (SSSR count). The van der Waals surface area contributed by atoms with Gasteiger partial charge in [-0.25, -0.2) is 0 Å². The molecule has 1 aromatic carbocycles.